The van der Waals surface area contributed by atoms with Crippen LogP contribution in [-0.4, -0.2) is 24.6 Å². The Labute approximate surface area is 147 Å². The summed E-state index contributed by atoms with van der Waals surface area (Å²) >= 11 is 0. The van der Waals surface area contributed by atoms with Crippen molar-refractivity contribution < 1.29 is 18.7 Å². The second kappa shape index (κ2) is 8.46. The van der Waals surface area contributed by atoms with E-state index in [-0.39, 0.29) is 18.2 Å². The van der Waals surface area contributed by atoms with E-state index in [4.69, 9.17) is 9.47 Å². The van der Waals surface area contributed by atoms with Gasteiger partial charge in [0.15, 0.2) is 11.6 Å². The molecular formula is C19H23FN2O3. The average molecular weight is 346 g/mol. The molecule has 0 aliphatic carbocycles. The van der Waals surface area contributed by atoms with Crippen LogP contribution < -0.4 is 14.8 Å². The molecule has 2 aromatic rings. The minimum absolute atomic E-state index is 0.169. The maximum Gasteiger partial charge on any atom is 0.257 e. The van der Waals surface area contributed by atoms with Gasteiger partial charge in [-0.2, -0.15) is 0 Å². The molecule has 0 saturated heterocycles. The molecule has 5 nitrogen and oxygen atoms in total. The van der Waals surface area contributed by atoms with E-state index < -0.39 is 5.82 Å². The monoisotopic (exact) mass is 346 g/mol. The van der Waals surface area contributed by atoms with Crippen LogP contribution in [0.15, 0.2) is 30.5 Å². The van der Waals surface area contributed by atoms with Gasteiger partial charge >= 0.3 is 0 Å². The Hall–Kier alpha value is -2.63. The van der Waals surface area contributed by atoms with Crippen molar-refractivity contribution in [3.8, 4) is 11.6 Å². The van der Waals surface area contributed by atoms with Crippen molar-refractivity contribution in [1.29, 1.82) is 0 Å². The number of carbonyl (C=O) groups excluding carboxylic acids is 1. The Morgan fingerprint density at radius 3 is 2.72 bits per heavy atom. The Morgan fingerprint density at radius 2 is 2.08 bits per heavy atom. The fourth-order valence-corrected chi connectivity index (χ4v) is 2.26. The van der Waals surface area contributed by atoms with Gasteiger partial charge in [0.25, 0.3) is 5.91 Å². The molecule has 6 heteroatoms. The highest BCUT2D eigenvalue weighted by atomic mass is 19.1. The molecule has 1 amide bonds. The van der Waals surface area contributed by atoms with Gasteiger partial charge in [0, 0.05) is 12.7 Å². The zero-order chi connectivity index (χ0) is 18.4. The zero-order valence-corrected chi connectivity index (χ0v) is 14.9. The highest BCUT2D eigenvalue weighted by Crippen LogP contribution is 2.21. The van der Waals surface area contributed by atoms with Crippen LogP contribution in [-0.2, 0) is 6.54 Å². The Bertz CT molecular complexity index is 747. The van der Waals surface area contributed by atoms with E-state index in [1.807, 2.05) is 20.8 Å². The fourth-order valence-electron chi connectivity index (χ4n) is 2.26. The summed E-state index contributed by atoms with van der Waals surface area (Å²) in [7, 11) is 1.41. The van der Waals surface area contributed by atoms with Crippen LogP contribution in [0.2, 0.25) is 0 Å². The minimum atomic E-state index is -0.465. The Kier molecular flexibility index (Phi) is 6.33. The van der Waals surface area contributed by atoms with Gasteiger partial charge in [-0.05, 0) is 42.2 Å². The van der Waals surface area contributed by atoms with Crippen molar-refractivity contribution >= 4 is 5.91 Å². The molecular weight excluding hydrogens is 323 g/mol. The molecule has 1 aromatic heterocycles. The fraction of sp³-hybridized carbons (Fsp3) is 0.368. The third kappa shape index (κ3) is 4.92. The van der Waals surface area contributed by atoms with E-state index in [1.165, 1.54) is 19.2 Å². The van der Waals surface area contributed by atoms with Gasteiger partial charge in [-0.25, -0.2) is 9.37 Å². The van der Waals surface area contributed by atoms with E-state index in [9.17, 15) is 9.18 Å². The molecule has 1 heterocycles. The van der Waals surface area contributed by atoms with E-state index in [2.05, 4.69) is 10.3 Å². The van der Waals surface area contributed by atoms with Gasteiger partial charge in [0.1, 0.15) is 5.56 Å². The second-order valence-electron chi connectivity index (χ2n) is 6.16. The molecule has 0 radical (unpaired) electrons. The van der Waals surface area contributed by atoms with Crippen molar-refractivity contribution in [2.45, 2.75) is 27.3 Å². The van der Waals surface area contributed by atoms with Crippen molar-refractivity contribution in [1.82, 2.24) is 10.3 Å². The minimum Gasteiger partial charge on any atom is -0.494 e. The van der Waals surface area contributed by atoms with Crippen molar-refractivity contribution in [3.05, 3.63) is 53.0 Å². The number of benzene rings is 1. The van der Waals surface area contributed by atoms with Crippen molar-refractivity contribution in [2.75, 3.05) is 13.7 Å². The molecule has 0 fully saturated rings. The summed E-state index contributed by atoms with van der Waals surface area (Å²) in [6.45, 7) is 6.53. The van der Waals surface area contributed by atoms with Crippen LogP contribution in [0.25, 0.3) is 0 Å². The molecule has 0 bridgehead atoms. The second-order valence-corrected chi connectivity index (χ2v) is 6.16. The maximum absolute atomic E-state index is 13.7. The maximum atomic E-state index is 13.7. The first kappa shape index (κ1) is 18.7. The first-order chi connectivity index (χ1) is 11.9. The van der Waals surface area contributed by atoms with Crippen molar-refractivity contribution in [2.24, 2.45) is 5.92 Å². The Balaban J connectivity index is 2.11. The molecule has 1 N–H and O–H groups in total. The molecule has 25 heavy (non-hydrogen) atoms. The predicted molar refractivity (Wildman–Crippen MR) is 93.4 cm³/mol. The summed E-state index contributed by atoms with van der Waals surface area (Å²) in [6, 6.07) is 6.33. The molecule has 0 aliphatic heterocycles. The largest absolute Gasteiger partial charge is 0.494 e. The summed E-state index contributed by atoms with van der Waals surface area (Å²) in [5.41, 5.74) is 1.81. The molecule has 0 saturated carbocycles. The number of halogens is 1. The summed E-state index contributed by atoms with van der Waals surface area (Å²) in [5.74, 6) is 0.0310. The standard InChI is InChI=1S/C19H23FN2O3/c1-12(2)11-25-19-17(13(3)7-8-21-19)18(23)22-10-14-5-6-16(24-4)15(20)9-14/h5-9,12H,10-11H2,1-4H3,(H,22,23). The van der Waals surface area contributed by atoms with Gasteiger partial charge in [-0.15, -0.1) is 0 Å². The highest BCUT2D eigenvalue weighted by molar-refractivity contribution is 5.97. The first-order valence-electron chi connectivity index (χ1n) is 8.11. The molecule has 2 rings (SSSR count). The molecule has 0 spiro atoms. The lowest BCUT2D eigenvalue weighted by Crippen LogP contribution is -2.25. The molecule has 134 valence electrons. The van der Waals surface area contributed by atoms with Crippen LogP contribution in [0, 0.1) is 18.7 Å². The number of hydrogen-bond donors (Lipinski definition) is 1. The topological polar surface area (TPSA) is 60.5 Å². The molecule has 1 aromatic carbocycles. The lowest BCUT2D eigenvalue weighted by atomic mass is 10.1. The number of methoxy groups -OCH3 is 1. The van der Waals surface area contributed by atoms with Gasteiger partial charge in [0.05, 0.1) is 13.7 Å². The van der Waals surface area contributed by atoms with Gasteiger partial charge < -0.3 is 14.8 Å². The number of aryl methyl sites for hydroxylation is 1. The predicted octanol–water partition coefficient (Wildman–Crippen LogP) is 3.50. The van der Waals surface area contributed by atoms with Crippen molar-refractivity contribution in [3.63, 3.8) is 0 Å². The zero-order valence-electron chi connectivity index (χ0n) is 14.9. The summed E-state index contributed by atoms with van der Waals surface area (Å²) < 4.78 is 24.3. The van der Waals surface area contributed by atoms with E-state index >= 15 is 0 Å². The van der Waals surface area contributed by atoms with Gasteiger partial charge in [0.2, 0.25) is 5.88 Å². The first-order valence-corrected chi connectivity index (χ1v) is 8.11. The smallest absolute Gasteiger partial charge is 0.257 e. The number of hydrogen-bond acceptors (Lipinski definition) is 4. The molecule has 0 aliphatic rings. The SMILES string of the molecule is COc1ccc(CNC(=O)c2c(C)ccnc2OCC(C)C)cc1F. The number of nitrogens with one attached hydrogen (secondary N) is 1. The van der Waals surface area contributed by atoms with E-state index in [0.717, 1.165) is 5.56 Å². The molecule has 0 atom stereocenters. The highest BCUT2D eigenvalue weighted by Gasteiger charge is 2.17. The summed E-state index contributed by atoms with van der Waals surface area (Å²) in [4.78, 5) is 16.7. The number of aromatic nitrogens is 1. The van der Waals surface area contributed by atoms with E-state index in [1.54, 1.807) is 18.3 Å². The molecule has 0 unspecified atom stereocenters. The quantitative estimate of drug-likeness (QED) is 0.833. The third-order valence-electron chi connectivity index (χ3n) is 3.57. The summed E-state index contributed by atoms with van der Waals surface area (Å²) in [6.07, 6.45) is 1.61. The number of rotatable bonds is 7. The van der Waals surface area contributed by atoms with Crippen LogP contribution in [0.1, 0.15) is 35.3 Å². The van der Waals surface area contributed by atoms with E-state index in [0.29, 0.717) is 29.5 Å². The lowest BCUT2D eigenvalue weighted by molar-refractivity contribution is 0.0944. The van der Waals surface area contributed by atoms with Crippen LogP contribution in [0.3, 0.4) is 0 Å². The summed E-state index contributed by atoms with van der Waals surface area (Å²) in [5, 5.41) is 2.78. The Morgan fingerprint density at radius 1 is 1.32 bits per heavy atom. The van der Waals surface area contributed by atoms with Gasteiger partial charge in [-0.3, -0.25) is 4.79 Å². The number of nitrogens with zero attached hydrogens (tertiary/aromatic N) is 1. The number of carbonyl (C=O) groups is 1. The third-order valence-corrected chi connectivity index (χ3v) is 3.57. The number of amides is 1. The van der Waals surface area contributed by atoms with Crippen LogP contribution in [0.4, 0.5) is 4.39 Å². The van der Waals surface area contributed by atoms with Crippen LogP contribution >= 0.6 is 0 Å². The number of ether oxygens (including phenoxy) is 2. The normalized spacial score (nSPS) is 10.6. The van der Waals surface area contributed by atoms with Gasteiger partial charge in [-0.1, -0.05) is 19.9 Å². The van der Waals surface area contributed by atoms with Crippen LogP contribution in [0.5, 0.6) is 11.6 Å². The average Bonchev–Trinajstić information content (AvgIpc) is 2.58. The lowest BCUT2D eigenvalue weighted by Gasteiger charge is -2.14. The number of pyridine rings is 1.